The Hall–Kier alpha value is -2.91. The Labute approximate surface area is 189 Å². The molecule has 172 valence electrons. The number of hydrogen-bond donors (Lipinski definition) is 0. The molecule has 0 bridgehead atoms. The van der Waals surface area contributed by atoms with Crippen molar-refractivity contribution in [3.05, 3.63) is 65.8 Å². The first-order valence-electron chi connectivity index (χ1n) is 10.2. The fraction of sp³-hybridized carbons (Fsp3) is 0.391. The van der Waals surface area contributed by atoms with E-state index in [2.05, 4.69) is 30.9 Å². The number of hydrogen-bond acceptors (Lipinski definition) is 7. The topological polar surface area (TPSA) is 94.8 Å². The number of nitrogens with zero attached hydrogens (tertiary/aromatic N) is 3. The standard InChI is InChI=1S/C23H29N3O5S/c1-23(2,3)17-6-12-20(13-7-17)32(27,28)26(4)15-14-21-24-22(31-25-21)16-30-19-10-8-18(29-5)9-11-19/h6-13H,14-16H2,1-5H3. The summed E-state index contributed by atoms with van der Waals surface area (Å²) in [5, 5.41) is 3.91. The number of methoxy groups -OCH3 is 1. The molecule has 9 heteroatoms. The molecule has 3 rings (SSSR count). The van der Waals surface area contributed by atoms with Crippen molar-refractivity contribution in [1.82, 2.24) is 14.4 Å². The number of likely N-dealkylation sites (N-methyl/N-ethyl adjacent to an activating group) is 1. The van der Waals surface area contributed by atoms with Gasteiger partial charge in [-0.25, -0.2) is 12.7 Å². The maximum atomic E-state index is 12.9. The van der Waals surface area contributed by atoms with Gasteiger partial charge in [-0.3, -0.25) is 0 Å². The molecule has 0 spiro atoms. The van der Waals surface area contributed by atoms with Crippen LogP contribution in [0.15, 0.2) is 57.9 Å². The molecule has 3 aromatic rings. The Bertz CT molecular complexity index is 1120. The van der Waals surface area contributed by atoms with Crippen molar-refractivity contribution in [2.24, 2.45) is 0 Å². The van der Waals surface area contributed by atoms with Gasteiger partial charge in [0.1, 0.15) is 11.5 Å². The second-order valence-corrected chi connectivity index (χ2v) is 10.5. The molecule has 0 N–H and O–H groups in total. The van der Waals surface area contributed by atoms with Crippen LogP contribution in [0.4, 0.5) is 0 Å². The number of rotatable bonds is 9. The average Bonchev–Trinajstić information content (AvgIpc) is 3.23. The van der Waals surface area contributed by atoms with Crippen LogP contribution in [0.5, 0.6) is 11.5 Å². The van der Waals surface area contributed by atoms with Gasteiger partial charge in [0.05, 0.1) is 12.0 Å². The Balaban J connectivity index is 1.55. The van der Waals surface area contributed by atoms with Gasteiger partial charge in [0.2, 0.25) is 10.0 Å². The van der Waals surface area contributed by atoms with E-state index in [1.165, 1.54) is 4.31 Å². The first-order chi connectivity index (χ1) is 15.1. The van der Waals surface area contributed by atoms with E-state index in [-0.39, 0.29) is 23.5 Å². The van der Waals surface area contributed by atoms with E-state index in [1.54, 1.807) is 50.6 Å². The lowest BCUT2D eigenvalue weighted by atomic mass is 9.87. The third-order valence-corrected chi connectivity index (χ3v) is 6.88. The van der Waals surface area contributed by atoms with Gasteiger partial charge in [-0.15, -0.1) is 0 Å². The van der Waals surface area contributed by atoms with Gasteiger partial charge >= 0.3 is 0 Å². The van der Waals surface area contributed by atoms with Crippen molar-refractivity contribution in [2.75, 3.05) is 20.7 Å². The monoisotopic (exact) mass is 459 g/mol. The molecule has 0 fully saturated rings. The van der Waals surface area contributed by atoms with Gasteiger partial charge < -0.3 is 14.0 Å². The fourth-order valence-electron chi connectivity index (χ4n) is 2.95. The second kappa shape index (κ2) is 9.70. The highest BCUT2D eigenvalue weighted by Gasteiger charge is 2.22. The van der Waals surface area contributed by atoms with Crippen molar-refractivity contribution in [3.63, 3.8) is 0 Å². The summed E-state index contributed by atoms with van der Waals surface area (Å²) >= 11 is 0. The molecular formula is C23H29N3O5S. The van der Waals surface area contributed by atoms with Crippen molar-refractivity contribution in [1.29, 1.82) is 0 Å². The van der Waals surface area contributed by atoms with Crippen LogP contribution in [-0.2, 0) is 28.5 Å². The number of benzene rings is 2. The SMILES string of the molecule is COc1ccc(OCc2nc(CCN(C)S(=O)(=O)c3ccc(C(C)(C)C)cc3)no2)cc1. The van der Waals surface area contributed by atoms with Crippen molar-refractivity contribution in [2.45, 2.75) is 44.1 Å². The summed E-state index contributed by atoms with van der Waals surface area (Å²) in [6.45, 7) is 6.60. The van der Waals surface area contributed by atoms with E-state index >= 15 is 0 Å². The molecule has 0 atom stereocenters. The van der Waals surface area contributed by atoms with Crippen molar-refractivity contribution < 1.29 is 22.4 Å². The zero-order valence-corrected chi connectivity index (χ0v) is 19.8. The Kier molecular flexibility index (Phi) is 7.20. The van der Waals surface area contributed by atoms with Gasteiger partial charge in [-0.2, -0.15) is 4.98 Å². The van der Waals surface area contributed by atoms with E-state index in [9.17, 15) is 8.42 Å². The Morgan fingerprint density at radius 3 is 2.22 bits per heavy atom. The maximum Gasteiger partial charge on any atom is 0.264 e. The molecule has 0 saturated heterocycles. The van der Waals surface area contributed by atoms with Crippen LogP contribution in [-0.4, -0.2) is 43.6 Å². The average molecular weight is 460 g/mol. The quantitative estimate of drug-likeness (QED) is 0.480. The van der Waals surface area contributed by atoms with Crippen molar-refractivity contribution in [3.8, 4) is 11.5 Å². The van der Waals surface area contributed by atoms with Crippen LogP contribution in [0.25, 0.3) is 0 Å². The van der Waals surface area contributed by atoms with Gasteiger partial charge in [-0.1, -0.05) is 38.1 Å². The molecule has 8 nitrogen and oxygen atoms in total. The molecule has 0 aliphatic rings. The molecule has 0 amide bonds. The third kappa shape index (κ3) is 5.86. The molecule has 1 aromatic heterocycles. The highest BCUT2D eigenvalue weighted by Crippen LogP contribution is 2.24. The van der Waals surface area contributed by atoms with Crippen molar-refractivity contribution >= 4 is 10.0 Å². The van der Waals surface area contributed by atoms with E-state index < -0.39 is 10.0 Å². The van der Waals surface area contributed by atoms with E-state index in [1.807, 2.05) is 12.1 Å². The Morgan fingerprint density at radius 2 is 1.62 bits per heavy atom. The second-order valence-electron chi connectivity index (χ2n) is 8.42. The zero-order valence-electron chi connectivity index (χ0n) is 19.0. The van der Waals surface area contributed by atoms with Gasteiger partial charge in [-0.05, 0) is 47.4 Å². The highest BCUT2D eigenvalue weighted by atomic mass is 32.2. The van der Waals surface area contributed by atoms with Crippen LogP contribution in [0.1, 0.15) is 38.0 Å². The lowest BCUT2D eigenvalue weighted by molar-refractivity contribution is 0.242. The molecule has 1 heterocycles. The molecule has 0 radical (unpaired) electrons. The predicted octanol–water partition coefficient (Wildman–Crippen LogP) is 3.82. The van der Waals surface area contributed by atoms with E-state index in [0.717, 1.165) is 11.3 Å². The van der Waals surface area contributed by atoms with Gasteiger partial charge in [0.25, 0.3) is 5.89 Å². The lowest BCUT2D eigenvalue weighted by Crippen LogP contribution is -2.29. The molecule has 0 aliphatic heterocycles. The molecule has 0 saturated carbocycles. The molecule has 32 heavy (non-hydrogen) atoms. The minimum Gasteiger partial charge on any atom is -0.497 e. The summed E-state index contributed by atoms with van der Waals surface area (Å²) in [7, 11) is -0.464. The Morgan fingerprint density at radius 1 is 1.00 bits per heavy atom. The predicted molar refractivity (Wildman–Crippen MR) is 120 cm³/mol. The summed E-state index contributed by atoms with van der Waals surface area (Å²) in [4.78, 5) is 4.53. The third-order valence-electron chi connectivity index (χ3n) is 5.01. The number of sulfonamides is 1. The minimum absolute atomic E-state index is 0.0401. The summed E-state index contributed by atoms with van der Waals surface area (Å²) < 4.78 is 42.9. The zero-order chi connectivity index (χ0) is 23.4. The van der Waals surface area contributed by atoms with Crippen LogP contribution in [0.3, 0.4) is 0 Å². The fourth-order valence-corrected chi connectivity index (χ4v) is 4.12. The molecule has 0 aliphatic carbocycles. The first kappa shape index (κ1) is 23.7. The normalized spacial score (nSPS) is 12.2. The van der Waals surface area contributed by atoms with Crippen LogP contribution < -0.4 is 9.47 Å². The van der Waals surface area contributed by atoms with Gasteiger partial charge in [0, 0.05) is 20.0 Å². The van der Waals surface area contributed by atoms with Crippen LogP contribution in [0.2, 0.25) is 0 Å². The van der Waals surface area contributed by atoms with E-state index in [4.69, 9.17) is 14.0 Å². The van der Waals surface area contributed by atoms with Crippen LogP contribution >= 0.6 is 0 Å². The number of ether oxygens (including phenoxy) is 2. The van der Waals surface area contributed by atoms with E-state index in [0.29, 0.717) is 23.9 Å². The molecule has 2 aromatic carbocycles. The highest BCUT2D eigenvalue weighted by molar-refractivity contribution is 7.89. The number of aromatic nitrogens is 2. The lowest BCUT2D eigenvalue weighted by Gasteiger charge is -2.20. The summed E-state index contributed by atoms with van der Waals surface area (Å²) in [5.74, 6) is 2.12. The molecular weight excluding hydrogens is 430 g/mol. The summed E-state index contributed by atoms with van der Waals surface area (Å²) in [6, 6.07) is 14.2. The summed E-state index contributed by atoms with van der Waals surface area (Å²) in [6.07, 6.45) is 0.321. The smallest absolute Gasteiger partial charge is 0.264 e. The molecule has 0 unspecified atom stereocenters. The van der Waals surface area contributed by atoms with Crippen LogP contribution in [0, 0.1) is 0 Å². The largest absolute Gasteiger partial charge is 0.497 e. The minimum atomic E-state index is -3.60. The van der Waals surface area contributed by atoms with Gasteiger partial charge in [0.15, 0.2) is 12.4 Å². The summed E-state index contributed by atoms with van der Waals surface area (Å²) in [5.41, 5.74) is 1.04. The maximum absolute atomic E-state index is 12.9. The first-order valence-corrected chi connectivity index (χ1v) is 11.7.